The maximum Gasteiger partial charge on any atom is 0.236 e. The van der Waals surface area contributed by atoms with Crippen LogP contribution in [0.4, 0.5) is 0 Å². The summed E-state index contributed by atoms with van der Waals surface area (Å²) in [5.41, 5.74) is 1.41. The van der Waals surface area contributed by atoms with E-state index in [0.29, 0.717) is 12.5 Å². The lowest BCUT2D eigenvalue weighted by atomic mass is 9.98. The molecular formula is C17H20N2OS2. The molecule has 116 valence electrons. The first-order valence-corrected chi connectivity index (χ1v) is 9.70. The maximum absolute atomic E-state index is 12.6. The van der Waals surface area contributed by atoms with E-state index in [1.807, 2.05) is 16.2 Å². The smallest absolute Gasteiger partial charge is 0.236 e. The molecule has 1 amide bonds. The maximum atomic E-state index is 12.6. The third-order valence-electron chi connectivity index (χ3n) is 4.68. The van der Waals surface area contributed by atoms with Gasteiger partial charge in [-0.15, -0.1) is 22.7 Å². The molecule has 2 aromatic heterocycles. The van der Waals surface area contributed by atoms with Gasteiger partial charge in [-0.2, -0.15) is 0 Å². The number of hydrogen-bond donors (Lipinski definition) is 0. The molecule has 0 saturated carbocycles. The lowest BCUT2D eigenvalue weighted by molar-refractivity contribution is -0.131. The lowest BCUT2D eigenvalue weighted by Crippen LogP contribution is -2.43. The Balaban J connectivity index is 1.59. The van der Waals surface area contributed by atoms with Crippen LogP contribution in [-0.2, 0) is 11.2 Å². The summed E-state index contributed by atoms with van der Waals surface area (Å²) in [6.45, 7) is 3.42. The molecule has 22 heavy (non-hydrogen) atoms. The Morgan fingerprint density at radius 2 is 2.00 bits per heavy atom. The van der Waals surface area contributed by atoms with Gasteiger partial charge in [-0.25, -0.2) is 0 Å². The molecule has 1 fully saturated rings. The number of hydrogen-bond acceptors (Lipinski definition) is 4. The summed E-state index contributed by atoms with van der Waals surface area (Å²) in [5, 5.41) is 4.33. The largest absolute Gasteiger partial charge is 0.342 e. The zero-order valence-corrected chi connectivity index (χ0v) is 14.2. The van der Waals surface area contributed by atoms with E-state index < -0.39 is 0 Å². The summed E-state index contributed by atoms with van der Waals surface area (Å²) in [7, 11) is 0. The molecule has 2 aliphatic rings. The van der Waals surface area contributed by atoms with E-state index >= 15 is 0 Å². The predicted molar refractivity (Wildman–Crippen MR) is 91.6 cm³/mol. The van der Waals surface area contributed by atoms with Crippen molar-refractivity contribution in [2.75, 3.05) is 26.2 Å². The summed E-state index contributed by atoms with van der Waals surface area (Å²) in [5.74, 6) is 0.303. The first-order valence-electron chi connectivity index (χ1n) is 7.94. The SMILES string of the molecule is O=C(CN1CCc2sccc2[C@H]1c1cccs1)N1CCCC1. The van der Waals surface area contributed by atoms with Crippen molar-refractivity contribution >= 4 is 28.6 Å². The predicted octanol–water partition coefficient (Wildman–Crippen LogP) is 3.38. The molecule has 0 aromatic carbocycles. The molecule has 5 heteroatoms. The summed E-state index contributed by atoms with van der Waals surface area (Å²) in [6.07, 6.45) is 3.39. The van der Waals surface area contributed by atoms with Crippen LogP contribution in [0, 0.1) is 0 Å². The van der Waals surface area contributed by atoms with Crippen LogP contribution in [-0.4, -0.2) is 41.9 Å². The quantitative estimate of drug-likeness (QED) is 0.860. The summed E-state index contributed by atoms with van der Waals surface area (Å²) < 4.78 is 0. The van der Waals surface area contributed by atoms with Crippen molar-refractivity contribution < 1.29 is 4.79 Å². The van der Waals surface area contributed by atoms with Gasteiger partial charge in [0, 0.05) is 29.4 Å². The molecule has 2 aromatic rings. The molecule has 0 N–H and O–H groups in total. The minimum atomic E-state index is 0.265. The molecular weight excluding hydrogens is 312 g/mol. The van der Waals surface area contributed by atoms with Crippen molar-refractivity contribution in [2.45, 2.75) is 25.3 Å². The van der Waals surface area contributed by atoms with Crippen molar-refractivity contribution in [3.8, 4) is 0 Å². The van der Waals surface area contributed by atoms with Crippen molar-refractivity contribution in [3.05, 3.63) is 44.3 Å². The number of carbonyl (C=O) groups excluding carboxylic acids is 1. The Bertz CT molecular complexity index is 643. The van der Waals surface area contributed by atoms with Crippen molar-refractivity contribution in [2.24, 2.45) is 0 Å². The topological polar surface area (TPSA) is 23.6 Å². The highest BCUT2D eigenvalue weighted by atomic mass is 32.1. The van der Waals surface area contributed by atoms with E-state index in [9.17, 15) is 4.79 Å². The van der Waals surface area contributed by atoms with Crippen LogP contribution in [0.2, 0.25) is 0 Å². The zero-order chi connectivity index (χ0) is 14.9. The second kappa shape index (κ2) is 6.14. The van der Waals surface area contributed by atoms with Gasteiger partial charge < -0.3 is 4.90 Å². The number of likely N-dealkylation sites (tertiary alicyclic amines) is 1. The fourth-order valence-corrected chi connectivity index (χ4v) is 5.34. The Morgan fingerprint density at radius 1 is 1.14 bits per heavy atom. The highest BCUT2D eigenvalue weighted by molar-refractivity contribution is 7.10. The van der Waals surface area contributed by atoms with Gasteiger partial charge in [-0.05, 0) is 47.7 Å². The van der Waals surface area contributed by atoms with Gasteiger partial charge in [0.1, 0.15) is 0 Å². The Morgan fingerprint density at radius 3 is 2.77 bits per heavy atom. The van der Waals surface area contributed by atoms with Gasteiger partial charge in [-0.1, -0.05) is 6.07 Å². The van der Waals surface area contributed by atoms with Crippen LogP contribution < -0.4 is 0 Å². The summed E-state index contributed by atoms with van der Waals surface area (Å²) in [6, 6.07) is 6.83. The number of carbonyl (C=O) groups is 1. The minimum Gasteiger partial charge on any atom is -0.342 e. The Kier molecular flexibility index (Phi) is 4.03. The third-order valence-corrected chi connectivity index (χ3v) is 6.60. The Labute approximate surface area is 139 Å². The monoisotopic (exact) mass is 332 g/mol. The van der Waals surface area contributed by atoms with Crippen LogP contribution >= 0.6 is 22.7 Å². The third kappa shape index (κ3) is 2.62. The van der Waals surface area contributed by atoms with Gasteiger partial charge in [0.15, 0.2) is 0 Å². The van der Waals surface area contributed by atoms with Crippen LogP contribution in [0.3, 0.4) is 0 Å². The van der Waals surface area contributed by atoms with Crippen LogP contribution in [0.5, 0.6) is 0 Å². The first kappa shape index (κ1) is 14.4. The molecule has 0 radical (unpaired) electrons. The van der Waals surface area contributed by atoms with Gasteiger partial charge >= 0.3 is 0 Å². The van der Waals surface area contributed by atoms with E-state index in [-0.39, 0.29) is 6.04 Å². The second-order valence-electron chi connectivity index (χ2n) is 6.03. The molecule has 1 atom stereocenters. The van der Waals surface area contributed by atoms with E-state index in [0.717, 1.165) is 38.9 Å². The van der Waals surface area contributed by atoms with Gasteiger partial charge in [0.2, 0.25) is 5.91 Å². The number of thiophene rings is 2. The molecule has 0 aliphatic carbocycles. The van der Waals surface area contributed by atoms with Gasteiger partial charge in [0.25, 0.3) is 0 Å². The standard InChI is InChI=1S/C17H20N2OS2/c20-16(18-7-1-2-8-18)12-19-9-5-14-13(6-11-22-14)17(19)15-4-3-10-21-15/h3-4,6,10-11,17H,1-2,5,7-9,12H2/t17-/m0/s1. The van der Waals surface area contributed by atoms with E-state index in [2.05, 4.69) is 33.9 Å². The molecule has 4 rings (SSSR count). The zero-order valence-electron chi connectivity index (χ0n) is 12.5. The fourth-order valence-electron chi connectivity index (χ4n) is 3.56. The number of rotatable bonds is 3. The van der Waals surface area contributed by atoms with Crippen molar-refractivity contribution in [1.82, 2.24) is 9.80 Å². The molecule has 4 heterocycles. The van der Waals surface area contributed by atoms with E-state index in [1.165, 1.54) is 15.3 Å². The molecule has 2 aliphatic heterocycles. The van der Waals surface area contributed by atoms with Gasteiger partial charge in [-0.3, -0.25) is 9.69 Å². The van der Waals surface area contributed by atoms with Crippen LogP contribution in [0.1, 0.15) is 34.2 Å². The number of fused-ring (bicyclic) bond motifs is 1. The lowest BCUT2D eigenvalue weighted by Gasteiger charge is -2.35. The van der Waals surface area contributed by atoms with E-state index in [4.69, 9.17) is 0 Å². The first-order chi connectivity index (χ1) is 10.8. The molecule has 0 bridgehead atoms. The molecule has 0 unspecified atom stereocenters. The van der Waals surface area contributed by atoms with Gasteiger partial charge in [0.05, 0.1) is 12.6 Å². The van der Waals surface area contributed by atoms with Crippen LogP contribution in [0.25, 0.3) is 0 Å². The Hall–Kier alpha value is -1.17. The van der Waals surface area contributed by atoms with E-state index in [1.54, 1.807) is 11.3 Å². The second-order valence-corrected chi connectivity index (χ2v) is 8.01. The average Bonchev–Trinajstić information content (AvgIpc) is 3.28. The highest BCUT2D eigenvalue weighted by Gasteiger charge is 2.32. The van der Waals surface area contributed by atoms with Crippen molar-refractivity contribution in [1.29, 1.82) is 0 Å². The number of amides is 1. The van der Waals surface area contributed by atoms with Crippen LogP contribution in [0.15, 0.2) is 29.0 Å². The number of nitrogens with zero attached hydrogens (tertiary/aromatic N) is 2. The highest BCUT2D eigenvalue weighted by Crippen LogP contribution is 2.39. The normalized spacial score (nSPS) is 22.0. The molecule has 3 nitrogen and oxygen atoms in total. The molecule has 1 saturated heterocycles. The summed E-state index contributed by atoms with van der Waals surface area (Å²) >= 11 is 3.65. The van der Waals surface area contributed by atoms with Crippen molar-refractivity contribution in [3.63, 3.8) is 0 Å². The molecule has 0 spiro atoms. The fraction of sp³-hybridized carbons (Fsp3) is 0.471. The average molecular weight is 332 g/mol. The summed E-state index contributed by atoms with van der Waals surface area (Å²) in [4.78, 5) is 19.8. The minimum absolute atomic E-state index is 0.265.